The van der Waals surface area contributed by atoms with E-state index in [0.717, 1.165) is 18.7 Å². The second-order valence-electron chi connectivity index (χ2n) is 8.14. The van der Waals surface area contributed by atoms with E-state index in [1.165, 1.54) is 28.4 Å². The van der Waals surface area contributed by atoms with Gasteiger partial charge in [-0.15, -0.1) is 11.8 Å². The van der Waals surface area contributed by atoms with Gasteiger partial charge >= 0.3 is 5.97 Å². The zero-order valence-electron chi connectivity index (χ0n) is 17.2. The van der Waals surface area contributed by atoms with Crippen molar-refractivity contribution in [3.05, 3.63) is 64.0 Å². The molecule has 2 unspecified atom stereocenters. The molecule has 4 atom stereocenters. The quantitative estimate of drug-likeness (QED) is 0.361. The number of carboxylic acid groups (broad SMARTS) is 1. The van der Waals surface area contributed by atoms with Crippen LogP contribution in [0.15, 0.2) is 52.8 Å². The van der Waals surface area contributed by atoms with Crippen molar-refractivity contribution in [3.8, 4) is 0 Å². The van der Waals surface area contributed by atoms with Crippen LogP contribution in [0.4, 0.5) is 0 Å². The molecule has 1 fully saturated rings. The lowest BCUT2D eigenvalue weighted by Crippen LogP contribution is -2.60. The SMILES string of the molecule is CC(O)[C@H]1C(=O)N2C(C(=O)O)=C(SC3CCn4c[n+](CC(=O)c5ccccc5)cc43)S[C@H]12. The number of hydrogen-bond acceptors (Lipinski definition) is 6. The molecule has 32 heavy (non-hydrogen) atoms. The van der Waals surface area contributed by atoms with E-state index in [0.29, 0.717) is 9.80 Å². The minimum atomic E-state index is -1.13. The molecule has 3 aliphatic rings. The number of Topliss-reactive ketones (excluding diaryl/α,β-unsaturated/α-hetero) is 1. The number of fused-ring (bicyclic) bond motifs is 2. The topological polar surface area (TPSA) is 104 Å². The minimum absolute atomic E-state index is 0.0176. The van der Waals surface area contributed by atoms with Gasteiger partial charge in [-0.2, -0.15) is 0 Å². The number of aliphatic hydroxyl groups is 1. The summed E-state index contributed by atoms with van der Waals surface area (Å²) in [7, 11) is 0. The van der Waals surface area contributed by atoms with Gasteiger partial charge in [0, 0.05) is 12.0 Å². The number of aromatic nitrogens is 2. The summed E-state index contributed by atoms with van der Waals surface area (Å²) >= 11 is 2.80. The van der Waals surface area contributed by atoms with Gasteiger partial charge in [-0.25, -0.2) is 13.9 Å². The zero-order chi connectivity index (χ0) is 22.6. The zero-order valence-corrected chi connectivity index (χ0v) is 18.9. The molecule has 0 saturated carbocycles. The summed E-state index contributed by atoms with van der Waals surface area (Å²) < 4.78 is 4.56. The first-order valence-electron chi connectivity index (χ1n) is 10.3. The first-order chi connectivity index (χ1) is 15.3. The van der Waals surface area contributed by atoms with Crippen molar-refractivity contribution < 1.29 is 29.2 Å². The Morgan fingerprint density at radius 1 is 1.31 bits per heavy atom. The summed E-state index contributed by atoms with van der Waals surface area (Å²) in [6.07, 6.45) is 3.89. The molecule has 3 aliphatic heterocycles. The third-order valence-electron chi connectivity index (χ3n) is 6.02. The fourth-order valence-corrected chi connectivity index (χ4v) is 7.71. The number of β-lactam (4-membered cyclic amide) rings is 1. The standard InChI is InChI=1S/C22H21N3O5S2/c1-12(26)17-19(28)25-18(21(29)30)22(32-20(17)25)31-16-7-8-24-11-23(9-14(16)24)10-15(27)13-5-3-2-4-6-13/h2-6,9,11-12,16-17,20,26H,7-8,10H2,1H3/p+1/t12?,16?,17-,20+/m0/s1. The van der Waals surface area contributed by atoms with Crippen LogP contribution in [0, 0.1) is 5.92 Å². The van der Waals surface area contributed by atoms with E-state index < -0.39 is 18.0 Å². The molecule has 8 nitrogen and oxygen atoms in total. The molecule has 0 bridgehead atoms. The van der Waals surface area contributed by atoms with Crippen LogP contribution in [0.5, 0.6) is 0 Å². The predicted octanol–water partition coefficient (Wildman–Crippen LogP) is 2.00. The van der Waals surface area contributed by atoms with Gasteiger partial charge in [0.2, 0.25) is 18.0 Å². The van der Waals surface area contributed by atoms with Crippen molar-refractivity contribution in [2.75, 3.05) is 0 Å². The van der Waals surface area contributed by atoms with E-state index in [4.69, 9.17) is 0 Å². The average molecular weight is 473 g/mol. The van der Waals surface area contributed by atoms with E-state index in [-0.39, 0.29) is 34.6 Å². The summed E-state index contributed by atoms with van der Waals surface area (Å²) in [6.45, 7) is 2.58. The van der Waals surface area contributed by atoms with Crippen molar-refractivity contribution in [1.29, 1.82) is 0 Å². The molecule has 1 aromatic heterocycles. The maximum absolute atomic E-state index is 12.5. The number of aliphatic hydroxyl groups excluding tert-OH is 1. The Labute approximate surface area is 192 Å². The fourth-order valence-electron chi connectivity index (χ4n) is 4.43. The first-order valence-corrected chi connectivity index (χ1v) is 12.1. The number of rotatable bonds is 7. The van der Waals surface area contributed by atoms with Crippen LogP contribution in [-0.2, 0) is 22.7 Å². The number of amides is 1. The molecule has 4 heterocycles. The van der Waals surface area contributed by atoms with Gasteiger partial charge in [0.1, 0.15) is 11.6 Å². The highest BCUT2D eigenvalue weighted by Gasteiger charge is 2.58. The highest BCUT2D eigenvalue weighted by atomic mass is 32.2. The molecule has 2 N–H and O–H groups in total. The van der Waals surface area contributed by atoms with Crippen LogP contribution < -0.4 is 4.57 Å². The van der Waals surface area contributed by atoms with Crippen LogP contribution in [0.2, 0.25) is 0 Å². The van der Waals surface area contributed by atoms with Crippen molar-refractivity contribution in [1.82, 2.24) is 9.47 Å². The number of nitrogens with zero attached hydrogens (tertiary/aromatic N) is 3. The normalized spacial score (nSPS) is 24.9. The second-order valence-corrected chi connectivity index (χ2v) is 10.7. The smallest absolute Gasteiger partial charge is 0.354 e. The van der Waals surface area contributed by atoms with E-state index in [1.807, 2.05) is 35.3 Å². The predicted molar refractivity (Wildman–Crippen MR) is 118 cm³/mol. The third-order valence-corrected chi connectivity index (χ3v) is 8.92. The van der Waals surface area contributed by atoms with Crippen molar-refractivity contribution >= 4 is 41.2 Å². The van der Waals surface area contributed by atoms with Gasteiger partial charge < -0.3 is 10.2 Å². The van der Waals surface area contributed by atoms with Gasteiger partial charge in [-0.3, -0.25) is 14.5 Å². The van der Waals surface area contributed by atoms with E-state index >= 15 is 0 Å². The molecule has 0 aliphatic carbocycles. The number of hydrogen-bond donors (Lipinski definition) is 2. The Kier molecular flexibility index (Phi) is 5.39. The van der Waals surface area contributed by atoms with Gasteiger partial charge in [-0.05, 0) is 6.92 Å². The fraction of sp³-hybridized carbons (Fsp3) is 0.364. The molecule has 166 valence electrons. The molecule has 0 spiro atoms. The Morgan fingerprint density at radius 2 is 2.06 bits per heavy atom. The first kappa shape index (κ1) is 21.3. The number of aliphatic carboxylic acids is 1. The molecular formula is C22H22N3O5S2+. The molecule has 5 rings (SSSR count). The van der Waals surface area contributed by atoms with E-state index in [9.17, 15) is 24.6 Å². The lowest BCUT2D eigenvalue weighted by atomic mass is 9.92. The molecular weight excluding hydrogens is 450 g/mol. The second kappa shape index (κ2) is 8.09. The minimum Gasteiger partial charge on any atom is -0.477 e. The monoisotopic (exact) mass is 472 g/mol. The third kappa shape index (κ3) is 3.46. The lowest BCUT2D eigenvalue weighted by Gasteiger charge is -2.43. The maximum Gasteiger partial charge on any atom is 0.354 e. The average Bonchev–Trinajstić information content (AvgIpc) is 3.41. The van der Waals surface area contributed by atoms with E-state index in [1.54, 1.807) is 19.1 Å². The van der Waals surface area contributed by atoms with Gasteiger partial charge in [0.05, 0.1) is 28.1 Å². The maximum atomic E-state index is 12.5. The van der Waals surface area contributed by atoms with Crippen LogP contribution in [0.3, 0.4) is 0 Å². The molecule has 1 amide bonds. The summed E-state index contributed by atoms with van der Waals surface area (Å²) in [4.78, 5) is 38.2. The molecule has 0 radical (unpaired) electrons. The lowest BCUT2D eigenvalue weighted by molar-refractivity contribution is -0.683. The molecule has 2 aromatic rings. The van der Waals surface area contributed by atoms with Crippen LogP contribution in [0.25, 0.3) is 0 Å². The summed E-state index contributed by atoms with van der Waals surface area (Å²) in [6, 6.07) is 9.15. The van der Waals surface area contributed by atoms with Crippen molar-refractivity contribution in [3.63, 3.8) is 0 Å². The molecule has 1 saturated heterocycles. The summed E-state index contributed by atoms with van der Waals surface area (Å²) in [5.74, 6) is -2.02. The summed E-state index contributed by atoms with van der Waals surface area (Å²) in [5.41, 5.74) is 1.71. The number of thioether (sulfide) groups is 2. The van der Waals surface area contributed by atoms with Crippen molar-refractivity contribution in [2.24, 2.45) is 5.92 Å². The number of carbonyl (C=O) groups excluding carboxylic acids is 2. The van der Waals surface area contributed by atoms with Crippen molar-refractivity contribution in [2.45, 2.75) is 43.2 Å². The molecule has 1 aromatic carbocycles. The Balaban J connectivity index is 1.34. The Morgan fingerprint density at radius 3 is 2.75 bits per heavy atom. The van der Waals surface area contributed by atoms with Crippen LogP contribution in [0.1, 0.15) is 34.6 Å². The number of carbonyl (C=O) groups is 3. The summed E-state index contributed by atoms with van der Waals surface area (Å²) in [5, 5.41) is 19.3. The molecule has 10 heteroatoms. The van der Waals surface area contributed by atoms with Gasteiger partial charge in [-0.1, -0.05) is 42.1 Å². The van der Waals surface area contributed by atoms with E-state index in [2.05, 4.69) is 4.57 Å². The number of benzene rings is 1. The number of aryl methyl sites for hydroxylation is 1. The highest BCUT2D eigenvalue weighted by Crippen LogP contribution is 2.57. The van der Waals surface area contributed by atoms with Crippen LogP contribution >= 0.6 is 23.5 Å². The largest absolute Gasteiger partial charge is 0.477 e. The Hall–Kier alpha value is -2.56. The van der Waals surface area contributed by atoms with Crippen LogP contribution in [-0.4, -0.2) is 48.8 Å². The Bertz CT molecular complexity index is 1140. The van der Waals surface area contributed by atoms with Gasteiger partial charge in [0.25, 0.3) is 0 Å². The highest BCUT2D eigenvalue weighted by molar-refractivity contribution is 8.22. The number of imidazole rings is 1. The van der Waals surface area contributed by atoms with Gasteiger partial charge in [0.15, 0.2) is 17.9 Å². The number of carboxylic acids is 1. The number of ketones is 1.